The standard InChI is InChI=1S/C13H23N3O/c1-3-13(14,4-2)12-15-11(17-16-12)10-8-6-5-7-9-10/h10H,3-9,14H2,1-2H3. The maximum Gasteiger partial charge on any atom is 0.229 e. The van der Waals surface area contributed by atoms with Gasteiger partial charge in [-0.15, -0.1) is 0 Å². The van der Waals surface area contributed by atoms with Crippen molar-refractivity contribution in [2.24, 2.45) is 5.73 Å². The van der Waals surface area contributed by atoms with Crippen LogP contribution in [-0.2, 0) is 5.54 Å². The van der Waals surface area contributed by atoms with Crippen LogP contribution in [0.5, 0.6) is 0 Å². The summed E-state index contributed by atoms with van der Waals surface area (Å²) in [6.45, 7) is 4.14. The molecule has 2 N–H and O–H groups in total. The number of nitrogens with two attached hydrogens (primary N) is 1. The van der Waals surface area contributed by atoms with E-state index in [2.05, 4.69) is 24.0 Å². The Labute approximate surface area is 103 Å². The molecule has 1 aromatic heterocycles. The molecule has 0 aromatic carbocycles. The molecule has 0 bridgehead atoms. The first-order chi connectivity index (χ1) is 8.19. The third-order valence-corrected chi connectivity index (χ3v) is 4.10. The van der Waals surface area contributed by atoms with Crippen molar-refractivity contribution in [1.82, 2.24) is 10.1 Å². The van der Waals surface area contributed by atoms with Gasteiger partial charge in [-0.3, -0.25) is 0 Å². The van der Waals surface area contributed by atoms with Crippen LogP contribution in [0.15, 0.2) is 4.52 Å². The Hall–Kier alpha value is -0.900. The Balaban J connectivity index is 2.14. The highest BCUT2D eigenvalue weighted by molar-refractivity contribution is 5.05. The van der Waals surface area contributed by atoms with Crippen LogP contribution in [0.3, 0.4) is 0 Å². The van der Waals surface area contributed by atoms with Crippen LogP contribution in [-0.4, -0.2) is 10.1 Å². The van der Waals surface area contributed by atoms with Crippen LogP contribution >= 0.6 is 0 Å². The number of aromatic nitrogens is 2. The molecule has 0 amide bonds. The average molecular weight is 237 g/mol. The fourth-order valence-electron chi connectivity index (χ4n) is 2.52. The summed E-state index contributed by atoms with van der Waals surface area (Å²) < 4.78 is 5.41. The molecule has 4 nitrogen and oxygen atoms in total. The third kappa shape index (κ3) is 2.51. The van der Waals surface area contributed by atoms with Crippen molar-refractivity contribution < 1.29 is 4.52 Å². The molecule has 2 rings (SSSR count). The SMILES string of the molecule is CCC(N)(CC)c1noc(C2CCCCC2)n1. The van der Waals surface area contributed by atoms with Gasteiger partial charge in [-0.05, 0) is 25.7 Å². The van der Waals surface area contributed by atoms with Crippen molar-refractivity contribution in [3.63, 3.8) is 0 Å². The van der Waals surface area contributed by atoms with E-state index in [0.717, 1.165) is 18.7 Å². The van der Waals surface area contributed by atoms with Crippen LogP contribution in [0, 0.1) is 0 Å². The Kier molecular flexibility index (Phi) is 3.82. The monoisotopic (exact) mass is 237 g/mol. The molecular weight excluding hydrogens is 214 g/mol. The Morgan fingerprint density at radius 1 is 1.24 bits per heavy atom. The molecule has 1 heterocycles. The lowest BCUT2D eigenvalue weighted by molar-refractivity contribution is 0.302. The van der Waals surface area contributed by atoms with E-state index < -0.39 is 5.54 Å². The zero-order valence-corrected chi connectivity index (χ0v) is 10.9. The van der Waals surface area contributed by atoms with Crippen molar-refractivity contribution in [2.45, 2.75) is 70.3 Å². The second-order valence-corrected chi connectivity index (χ2v) is 5.15. The average Bonchev–Trinajstić information content (AvgIpc) is 2.89. The minimum Gasteiger partial charge on any atom is -0.339 e. The first-order valence-electron chi connectivity index (χ1n) is 6.82. The summed E-state index contributed by atoms with van der Waals surface area (Å²) >= 11 is 0. The van der Waals surface area contributed by atoms with Gasteiger partial charge in [0.2, 0.25) is 5.89 Å². The van der Waals surface area contributed by atoms with Crippen LogP contribution < -0.4 is 5.73 Å². The molecule has 4 heteroatoms. The molecule has 1 aromatic rings. The molecule has 1 fully saturated rings. The molecular formula is C13H23N3O. The van der Waals surface area contributed by atoms with Gasteiger partial charge < -0.3 is 10.3 Å². The molecule has 96 valence electrons. The van der Waals surface area contributed by atoms with E-state index in [-0.39, 0.29) is 0 Å². The number of nitrogens with zero attached hydrogens (tertiary/aromatic N) is 2. The summed E-state index contributed by atoms with van der Waals surface area (Å²) in [4.78, 5) is 4.54. The van der Waals surface area contributed by atoms with E-state index in [9.17, 15) is 0 Å². The van der Waals surface area contributed by atoms with Gasteiger partial charge in [-0.25, -0.2) is 0 Å². The van der Waals surface area contributed by atoms with E-state index in [1.807, 2.05) is 0 Å². The summed E-state index contributed by atoms with van der Waals surface area (Å²) in [6, 6.07) is 0. The first kappa shape index (κ1) is 12.6. The van der Waals surface area contributed by atoms with Gasteiger partial charge in [-0.2, -0.15) is 4.98 Å². The topological polar surface area (TPSA) is 64.9 Å². The highest BCUT2D eigenvalue weighted by atomic mass is 16.5. The molecule has 0 radical (unpaired) electrons. The summed E-state index contributed by atoms with van der Waals surface area (Å²) in [5.41, 5.74) is 5.86. The van der Waals surface area contributed by atoms with Crippen LogP contribution in [0.2, 0.25) is 0 Å². The molecule has 0 unspecified atom stereocenters. The van der Waals surface area contributed by atoms with Crippen molar-refractivity contribution in [3.8, 4) is 0 Å². The normalized spacial score (nSPS) is 18.5. The first-order valence-corrected chi connectivity index (χ1v) is 6.82. The summed E-state index contributed by atoms with van der Waals surface area (Å²) in [7, 11) is 0. The smallest absolute Gasteiger partial charge is 0.229 e. The number of rotatable bonds is 4. The minimum absolute atomic E-state index is 0.420. The molecule has 0 atom stereocenters. The van der Waals surface area contributed by atoms with Gasteiger partial charge in [0.15, 0.2) is 5.82 Å². The molecule has 0 spiro atoms. The maximum atomic E-state index is 6.28. The van der Waals surface area contributed by atoms with Gasteiger partial charge in [0.25, 0.3) is 0 Å². The highest BCUT2D eigenvalue weighted by Crippen LogP contribution is 2.33. The van der Waals surface area contributed by atoms with Crippen LogP contribution in [0.1, 0.15) is 76.4 Å². The molecule has 0 aliphatic heterocycles. The quantitative estimate of drug-likeness (QED) is 0.874. The van der Waals surface area contributed by atoms with Gasteiger partial charge >= 0.3 is 0 Å². The van der Waals surface area contributed by atoms with Gasteiger partial charge in [-0.1, -0.05) is 38.3 Å². The molecule has 1 saturated carbocycles. The fraction of sp³-hybridized carbons (Fsp3) is 0.846. The van der Waals surface area contributed by atoms with E-state index in [1.54, 1.807) is 0 Å². The lowest BCUT2D eigenvalue weighted by Crippen LogP contribution is -2.36. The zero-order valence-electron chi connectivity index (χ0n) is 10.9. The van der Waals surface area contributed by atoms with Crippen molar-refractivity contribution in [2.75, 3.05) is 0 Å². The van der Waals surface area contributed by atoms with E-state index in [4.69, 9.17) is 10.3 Å². The lowest BCUT2D eigenvalue weighted by Gasteiger charge is -2.22. The van der Waals surface area contributed by atoms with Crippen LogP contribution in [0.25, 0.3) is 0 Å². The van der Waals surface area contributed by atoms with E-state index in [1.165, 1.54) is 32.1 Å². The highest BCUT2D eigenvalue weighted by Gasteiger charge is 2.30. The van der Waals surface area contributed by atoms with Crippen molar-refractivity contribution in [3.05, 3.63) is 11.7 Å². The zero-order chi connectivity index (χ0) is 12.3. The second kappa shape index (κ2) is 5.17. The van der Waals surface area contributed by atoms with E-state index in [0.29, 0.717) is 11.7 Å². The van der Waals surface area contributed by atoms with Crippen molar-refractivity contribution >= 4 is 0 Å². The predicted molar refractivity (Wildman–Crippen MR) is 66.6 cm³/mol. The van der Waals surface area contributed by atoms with Gasteiger partial charge in [0.05, 0.1) is 5.54 Å². The van der Waals surface area contributed by atoms with Crippen molar-refractivity contribution in [1.29, 1.82) is 0 Å². The number of hydrogen-bond donors (Lipinski definition) is 1. The Morgan fingerprint density at radius 3 is 2.47 bits per heavy atom. The summed E-state index contributed by atoms with van der Waals surface area (Å²) in [5.74, 6) is 1.95. The maximum absolute atomic E-state index is 6.28. The number of hydrogen-bond acceptors (Lipinski definition) is 4. The molecule has 0 saturated heterocycles. The summed E-state index contributed by atoms with van der Waals surface area (Å²) in [5, 5.41) is 4.09. The van der Waals surface area contributed by atoms with Crippen LogP contribution in [0.4, 0.5) is 0 Å². The third-order valence-electron chi connectivity index (χ3n) is 4.10. The Bertz CT molecular complexity index is 351. The largest absolute Gasteiger partial charge is 0.339 e. The van der Waals surface area contributed by atoms with E-state index >= 15 is 0 Å². The summed E-state index contributed by atoms with van der Waals surface area (Å²) in [6.07, 6.45) is 7.92. The van der Waals surface area contributed by atoms with Gasteiger partial charge in [0.1, 0.15) is 0 Å². The molecule has 1 aliphatic carbocycles. The second-order valence-electron chi connectivity index (χ2n) is 5.15. The molecule has 1 aliphatic rings. The predicted octanol–water partition coefficient (Wildman–Crippen LogP) is 3.09. The fourth-order valence-corrected chi connectivity index (χ4v) is 2.52. The van der Waals surface area contributed by atoms with Gasteiger partial charge in [0, 0.05) is 5.92 Å². The minimum atomic E-state index is -0.420. The Morgan fingerprint density at radius 2 is 1.88 bits per heavy atom. The molecule has 17 heavy (non-hydrogen) atoms. The lowest BCUT2D eigenvalue weighted by atomic mass is 9.89.